The number of hydrogen-bond acceptors (Lipinski definition) is 8. The Morgan fingerprint density at radius 3 is 1.27 bits per heavy atom. The average Bonchev–Trinajstić information content (AvgIpc) is 3.36. The van der Waals surface area contributed by atoms with E-state index in [-0.39, 0.29) is 11.5 Å². The van der Waals surface area contributed by atoms with Crippen molar-refractivity contribution in [2.75, 3.05) is 28.4 Å². The first-order valence-electron chi connectivity index (χ1n) is 14.1. The van der Waals surface area contributed by atoms with Gasteiger partial charge in [-0.25, -0.2) is 9.59 Å². The zero-order chi connectivity index (χ0) is 32.5. The molecule has 1 aliphatic rings. The summed E-state index contributed by atoms with van der Waals surface area (Å²) in [6.45, 7) is 10.7. The van der Waals surface area contributed by atoms with Gasteiger partial charge in [0, 0.05) is 34.4 Å². The van der Waals surface area contributed by atoms with Crippen molar-refractivity contribution < 1.29 is 38.0 Å². The van der Waals surface area contributed by atoms with E-state index in [1.54, 1.807) is 40.2 Å². The second kappa shape index (κ2) is 12.2. The standard InChI is InChI=1S/C37H34O8/c1-9-31(38)44-29-19-27(35(42-7)33(40-5)21(29)3)37(25-17-13-11-15-23(25)24-16-12-14-18-26(24)37)28-20-30(45-32(39)10-2)22(4)34(41-6)36(28)43-8/h9-20H,1-2H2,3-8H3. The third-order valence-corrected chi connectivity index (χ3v) is 8.20. The lowest BCUT2D eigenvalue weighted by Gasteiger charge is -2.37. The molecule has 0 radical (unpaired) electrons. The van der Waals surface area contributed by atoms with Crippen LogP contribution in [-0.4, -0.2) is 40.4 Å². The van der Waals surface area contributed by atoms with Crippen LogP contribution in [0.5, 0.6) is 34.5 Å². The molecule has 0 fully saturated rings. The summed E-state index contributed by atoms with van der Waals surface area (Å²) in [6, 6.07) is 19.5. The fraction of sp³-hybridized carbons (Fsp3) is 0.189. The Balaban J connectivity index is 2.08. The Kier molecular flexibility index (Phi) is 8.42. The van der Waals surface area contributed by atoms with Crippen molar-refractivity contribution in [3.05, 3.63) is 119 Å². The third kappa shape index (κ3) is 4.70. The third-order valence-electron chi connectivity index (χ3n) is 8.20. The molecule has 5 rings (SSSR count). The molecule has 0 bridgehead atoms. The van der Waals surface area contributed by atoms with Crippen molar-refractivity contribution in [3.63, 3.8) is 0 Å². The average molecular weight is 607 g/mol. The van der Waals surface area contributed by atoms with E-state index in [4.69, 9.17) is 28.4 Å². The number of fused-ring (bicyclic) bond motifs is 3. The Morgan fingerprint density at radius 2 is 0.933 bits per heavy atom. The maximum Gasteiger partial charge on any atom is 0.335 e. The molecular weight excluding hydrogens is 572 g/mol. The van der Waals surface area contributed by atoms with Gasteiger partial charge in [-0.1, -0.05) is 61.7 Å². The lowest BCUT2D eigenvalue weighted by Crippen LogP contribution is -2.31. The molecule has 0 heterocycles. The maximum absolute atomic E-state index is 12.6. The molecule has 0 aliphatic heterocycles. The zero-order valence-corrected chi connectivity index (χ0v) is 26.1. The Bertz CT molecular complexity index is 1720. The number of esters is 2. The molecule has 0 aromatic heterocycles. The van der Waals surface area contributed by atoms with E-state index >= 15 is 0 Å². The van der Waals surface area contributed by atoms with Crippen molar-refractivity contribution in [1.82, 2.24) is 0 Å². The summed E-state index contributed by atoms with van der Waals surface area (Å²) in [5.74, 6) is 0.808. The van der Waals surface area contributed by atoms with Gasteiger partial charge in [0.1, 0.15) is 11.5 Å². The minimum absolute atomic E-state index is 0.255. The second-order valence-corrected chi connectivity index (χ2v) is 10.3. The summed E-state index contributed by atoms with van der Waals surface area (Å²) in [7, 11) is 6.17. The molecule has 0 atom stereocenters. The van der Waals surface area contributed by atoms with Gasteiger partial charge < -0.3 is 28.4 Å². The van der Waals surface area contributed by atoms with Gasteiger partial charge in [-0.05, 0) is 48.2 Å². The quantitative estimate of drug-likeness (QED) is 0.0966. The number of ether oxygens (including phenoxy) is 6. The van der Waals surface area contributed by atoms with Gasteiger partial charge in [-0.3, -0.25) is 0 Å². The summed E-state index contributed by atoms with van der Waals surface area (Å²) in [4.78, 5) is 25.1. The van der Waals surface area contributed by atoms with Crippen LogP contribution < -0.4 is 28.4 Å². The van der Waals surface area contributed by atoms with E-state index in [2.05, 4.69) is 13.2 Å². The molecule has 0 N–H and O–H groups in total. The van der Waals surface area contributed by atoms with Gasteiger partial charge in [-0.15, -0.1) is 0 Å². The number of rotatable bonds is 10. The van der Waals surface area contributed by atoms with E-state index in [0.29, 0.717) is 45.3 Å². The summed E-state index contributed by atoms with van der Waals surface area (Å²) in [6.07, 6.45) is 2.19. The van der Waals surface area contributed by atoms with Crippen LogP contribution in [0.3, 0.4) is 0 Å². The predicted octanol–water partition coefficient (Wildman–Crippen LogP) is 6.88. The topological polar surface area (TPSA) is 89.5 Å². The Hall–Kier alpha value is -5.50. The summed E-state index contributed by atoms with van der Waals surface area (Å²) >= 11 is 0. The SMILES string of the molecule is C=CC(=O)Oc1cc(C2(c3cc(OC(=O)C=C)c(C)c(OC)c3OC)c3ccccc3-c3ccccc32)c(OC)c(OC)c1C. The van der Waals surface area contributed by atoms with Crippen molar-refractivity contribution in [2.24, 2.45) is 0 Å². The smallest absolute Gasteiger partial charge is 0.335 e. The molecule has 8 nitrogen and oxygen atoms in total. The van der Waals surface area contributed by atoms with Crippen LogP contribution >= 0.6 is 0 Å². The molecule has 4 aromatic rings. The first kappa shape index (κ1) is 30.9. The van der Waals surface area contributed by atoms with Crippen LogP contribution in [-0.2, 0) is 15.0 Å². The number of methoxy groups -OCH3 is 4. The van der Waals surface area contributed by atoms with Crippen LogP contribution in [0.4, 0.5) is 0 Å². The highest BCUT2D eigenvalue weighted by Crippen LogP contribution is 2.63. The highest BCUT2D eigenvalue weighted by molar-refractivity contribution is 5.90. The van der Waals surface area contributed by atoms with Crippen LogP contribution in [0.25, 0.3) is 11.1 Å². The van der Waals surface area contributed by atoms with Crippen LogP contribution in [0, 0.1) is 13.8 Å². The lowest BCUT2D eigenvalue weighted by molar-refractivity contribution is -0.129. The minimum atomic E-state index is -1.20. The van der Waals surface area contributed by atoms with Crippen molar-refractivity contribution in [3.8, 4) is 45.6 Å². The molecule has 0 amide bonds. The largest absolute Gasteiger partial charge is 0.492 e. The molecule has 0 saturated heterocycles. The van der Waals surface area contributed by atoms with Gasteiger partial charge in [0.2, 0.25) is 0 Å². The second-order valence-electron chi connectivity index (χ2n) is 10.3. The number of carbonyl (C=O) groups is 2. The highest BCUT2D eigenvalue weighted by atomic mass is 16.5. The molecule has 230 valence electrons. The van der Waals surface area contributed by atoms with Crippen molar-refractivity contribution in [1.29, 1.82) is 0 Å². The van der Waals surface area contributed by atoms with Gasteiger partial charge in [0.05, 0.1) is 33.9 Å². The molecule has 45 heavy (non-hydrogen) atoms. The molecule has 1 aliphatic carbocycles. The molecule has 0 spiro atoms. The normalized spacial score (nSPS) is 12.3. The zero-order valence-electron chi connectivity index (χ0n) is 26.1. The molecule has 0 saturated carbocycles. The first-order valence-corrected chi connectivity index (χ1v) is 14.1. The van der Waals surface area contributed by atoms with Crippen molar-refractivity contribution >= 4 is 11.9 Å². The van der Waals surface area contributed by atoms with Crippen LogP contribution in [0.2, 0.25) is 0 Å². The number of hydrogen-bond donors (Lipinski definition) is 0. The highest BCUT2D eigenvalue weighted by Gasteiger charge is 2.51. The lowest BCUT2D eigenvalue weighted by atomic mass is 9.66. The first-order chi connectivity index (χ1) is 21.7. The summed E-state index contributed by atoms with van der Waals surface area (Å²) in [5, 5.41) is 0. The predicted molar refractivity (Wildman–Crippen MR) is 171 cm³/mol. The van der Waals surface area contributed by atoms with E-state index in [0.717, 1.165) is 34.4 Å². The van der Waals surface area contributed by atoms with E-state index in [9.17, 15) is 9.59 Å². The molecule has 4 aromatic carbocycles. The van der Waals surface area contributed by atoms with Gasteiger partial charge in [0.25, 0.3) is 0 Å². The molecule has 8 heteroatoms. The monoisotopic (exact) mass is 606 g/mol. The summed E-state index contributed by atoms with van der Waals surface area (Å²) < 4.78 is 35.6. The maximum atomic E-state index is 12.6. The molecule has 0 unspecified atom stereocenters. The van der Waals surface area contributed by atoms with Crippen LogP contribution in [0.1, 0.15) is 33.4 Å². The Morgan fingerprint density at radius 1 is 0.578 bits per heavy atom. The van der Waals surface area contributed by atoms with E-state index < -0.39 is 17.4 Å². The van der Waals surface area contributed by atoms with Gasteiger partial charge in [0.15, 0.2) is 23.0 Å². The fourth-order valence-electron chi connectivity index (χ4n) is 6.35. The van der Waals surface area contributed by atoms with Crippen LogP contribution in [0.15, 0.2) is 86.0 Å². The minimum Gasteiger partial charge on any atom is -0.492 e. The number of carbonyl (C=O) groups excluding carboxylic acids is 2. The summed E-state index contributed by atoms with van der Waals surface area (Å²) in [5.41, 5.74) is 4.76. The van der Waals surface area contributed by atoms with Gasteiger partial charge in [-0.2, -0.15) is 0 Å². The fourth-order valence-corrected chi connectivity index (χ4v) is 6.35. The van der Waals surface area contributed by atoms with Crippen molar-refractivity contribution in [2.45, 2.75) is 19.3 Å². The Labute approximate surface area is 262 Å². The van der Waals surface area contributed by atoms with E-state index in [1.807, 2.05) is 48.5 Å². The number of benzene rings is 4. The molecular formula is C37H34O8. The van der Waals surface area contributed by atoms with Gasteiger partial charge >= 0.3 is 11.9 Å². The van der Waals surface area contributed by atoms with E-state index in [1.165, 1.54) is 14.2 Å².